The molecule has 0 spiro atoms. The van der Waals surface area contributed by atoms with Gasteiger partial charge in [-0.1, -0.05) is 158 Å². The Balaban J connectivity index is 1.13. The maximum Gasteiger partial charge on any atom is 0.145 e. The Kier molecular flexibility index (Phi) is 7.10. The van der Waals surface area contributed by atoms with Crippen LogP contribution in [0.4, 0.5) is 0 Å². The monoisotopic (exact) mass is 664 g/mol. The predicted molar refractivity (Wildman–Crippen MR) is 215 cm³/mol. The van der Waals surface area contributed by atoms with Crippen LogP contribution in [0.25, 0.3) is 89.2 Å². The Bertz CT molecular complexity index is 2870. The first-order valence-electron chi connectivity index (χ1n) is 17.6. The molecule has 0 saturated carbocycles. The van der Waals surface area contributed by atoms with Crippen molar-refractivity contribution in [3.05, 3.63) is 194 Å². The molecule has 52 heavy (non-hydrogen) atoms. The van der Waals surface area contributed by atoms with Gasteiger partial charge in [-0.15, -0.1) is 0 Å². The summed E-state index contributed by atoms with van der Waals surface area (Å²) in [6.45, 7) is 0. The van der Waals surface area contributed by atoms with Gasteiger partial charge >= 0.3 is 0 Å². The number of aromatic nitrogens is 4. The minimum atomic E-state index is 0.923. The summed E-state index contributed by atoms with van der Waals surface area (Å²) in [4.78, 5) is 5.08. The molecule has 3 aromatic heterocycles. The average Bonchev–Trinajstić information content (AvgIpc) is 3.82. The molecule has 0 aliphatic rings. The van der Waals surface area contributed by atoms with E-state index in [1.807, 2.05) is 12.1 Å². The van der Waals surface area contributed by atoms with Gasteiger partial charge in [0.15, 0.2) is 0 Å². The van der Waals surface area contributed by atoms with E-state index in [2.05, 4.69) is 191 Å². The molecule has 4 nitrogen and oxygen atoms in total. The minimum Gasteiger partial charge on any atom is -0.292 e. The van der Waals surface area contributed by atoms with Crippen molar-refractivity contribution in [1.29, 1.82) is 0 Å². The second-order valence-electron chi connectivity index (χ2n) is 13.1. The summed E-state index contributed by atoms with van der Waals surface area (Å²) in [7, 11) is 0. The fraction of sp³-hybridized carbons (Fsp3) is 0. The SMILES string of the molecule is c1ccc(-c2c(-c3cccc(-c4ccc(-c5nc6ccccc6n5-c5ccccc5)cc4)c3)nn3c(-c4ccccc4)cc4ccccc4c23)cc1. The lowest BCUT2D eigenvalue weighted by Crippen LogP contribution is -1.97. The van der Waals surface area contributed by atoms with Gasteiger partial charge in [-0.25, -0.2) is 9.50 Å². The molecule has 0 saturated heterocycles. The first-order chi connectivity index (χ1) is 25.8. The van der Waals surface area contributed by atoms with E-state index in [4.69, 9.17) is 10.1 Å². The molecule has 0 bridgehead atoms. The van der Waals surface area contributed by atoms with Crippen LogP contribution in [0.1, 0.15) is 0 Å². The Morgan fingerprint density at radius 3 is 1.83 bits per heavy atom. The smallest absolute Gasteiger partial charge is 0.145 e. The zero-order valence-electron chi connectivity index (χ0n) is 28.3. The summed E-state index contributed by atoms with van der Waals surface area (Å²) in [5.41, 5.74) is 14.1. The van der Waals surface area contributed by atoms with Crippen LogP contribution < -0.4 is 0 Å². The third-order valence-corrected chi connectivity index (χ3v) is 9.94. The quantitative estimate of drug-likeness (QED) is 0.177. The van der Waals surface area contributed by atoms with Crippen LogP contribution in [-0.4, -0.2) is 19.2 Å². The Morgan fingerprint density at radius 1 is 0.423 bits per heavy atom. The number of fused-ring (bicyclic) bond motifs is 4. The van der Waals surface area contributed by atoms with Crippen LogP contribution in [-0.2, 0) is 0 Å². The summed E-state index contributed by atoms with van der Waals surface area (Å²) in [5.74, 6) is 0.923. The van der Waals surface area contributed by atoms with Crippen LogP contribution in [0.2, 0.25) is 0 Å². The molecule has 0 aliphatic heterocycles. The number of hydrogen-bond donors (Lipinski definition) is 0. The highest BCUT2D eigenvalue weighted by molar-refractivity contribution is 6.08. The van der Waals surface area contributed by atoms with Gasteiger partial charge < -0.3 is 0 Å². The maximum absolute atomic E-state index is 5.44. The lowest BCUT2D eigenvalue weighted by Gasteiger charge is -2.11. The lowest BCUT2D eigenvalue weighted by molar-refractivity contribution is 0.979. The number of imidazole rings is 1. The van der Waals surface area contributed by atoms with E-state index in [9.17, 15) is 0 Å². The molecule has 0 N–H and O–H groups in total. The third-order valence-electron chi connectivity index (χ3n) is 9.94. The van der Waals surface area contributed by atoms with E-state index in [0.717, 1.165) is 78.4 Å². The molecule has 0 fully saturated rings. The van der Waals surface area contributed by atoms with E-state index in [-0.39, 0.29) is 0 Å². The summed E-state index contributed by atoms with van der Waals surface area (Å²) in [6, 6.07) is 68.4. The second kappa shape index (κ2) is 12.4. The summed E-state index contributed by atoms with van der Waals surface area (Å²) in [5, 5.41) is 7.80. The van der Waals surface area contributed by atoms with Crippen molar-refractivity contribution in [2.45, 2.75) is 0 Å². The first kappa shape index (κ1) is 29.8. The molecule has 0 aliphatic carbocycles. The number of benzene rings is 7. The maximum atomic E-state index is 5.44. The van der Waals surface area contributed by atoms with Crippen LogP contribution in [0, 0.1) is 0 Å². The molecule has 7 aromatic carbocycles. The fourth-order valence-corrected chi connectivity index (χ4v) is 7.50. The molecule has 4 heteroatoms. The van der Waals surface area contributed by atoms with Crippen molar-refractivity contribution >= 4 is 27.3 Å². The van der Waals surface area contributed by atoms with E-state index >= 15 is 0 Å². The third kappa shape index (κ3) is 5.00. The van der Waals surface area contributed by atoms with Gasteiger partial charge in [0.1, 0.15) is 11.5 Å². The first-order valence-corrected chi connectivity index (χ1v) is 17.6. The normalized spacial score (nSPS) is 11.5. The molecule has 0 amide bonds. The average molecular weight is 665 g/mol. The van der Waals surface area contributed by atoms with Gasteiger partial charge in [-0.3, -0.25) is 4.57 Å². The van der Waals surface area contributed by atoms with E-state index in [1.165, 1.54) is 10.8 Å². The van der Waals surface area contributed by atoms with Crippen molar-refractivity contribution in [3.8, 4) is 61.8 Å². The predicted octanol–water partition coefficient (Wildman–Crippen LogP) is 12.2. The van der Waals surface area contributed by atoms with Crippen LogP contribution in [0.15, 0.2) is 194 Å². The Hall–Kier alpha value is -7.04. The van der Waals surface area contributed by atoms with Gasteiger partial charge in [0.05, 0.1) is 22.2 Å². The highest BCUT2D eigenvalue weighted by atomic mass is 15.2. The largest absolute Gasteiger partial charge is 0.292 e. The van der Waals surface area contributed by atoms with Crippen molar-refractivity contribution in [1.82, 2.24) is 19.2 Å². The van der Waals surface area contributed by atoms with E-state index in [0.29, 0.717) is 0 Å². The van der Waals surface area contributed by atoms with E-state index < -0.39 is 0 Å². The fourth-order valence-electron chi connectivity index (χ4n) is 7.50. The van der Waals surface area contributed by atoms with Crippen molar-refractivity contribution in [3.63, 3.8) is 0 Å². The highest BCUT2D eigenvalue weighted by Crippen LogP contribution is 2.41. The second-order valence-corrected chi connectivity index (χ2v) is 13.1. The topological polar surface area (TPSA) is 35.1 Å². The number of para-hydroxylation sites is 3. The summed E-state index contributed by atoms with van der Waals surface area (Å²) in [6.07, 6.45) is 0. The minimum absolute atomic E-state index is 0.923. The molecule has 10 aromatic rings. The highest BCUT2D eigenvalue weighted by Gasteiger charge is 2.22. The molecule has 0 radical (unpaired) electrons. The number of pyridine rings is 1. The molecule has 244 valence electrons. The van der Waals surface area contributed by atoms with Gasteiger partial charge in [0, 0.05) is 33.3 Å². The van der Waals surface area contributed by atoms with Gasteiger partial charge in [-0.05, 0) is 58.5 Å². The number of hydrogen-bond acceptors (Lipinski definition) is 2. The van der Waals surface area contributed by atoms with Gasteiger partial charge in [0.2, 0.25) is 0 Å². The van der Waals surface area contributed by atoms with Gasteiger partial charge in [0.25, 0.3) is 0 Å². The van der Waals surface area contributed by atoms with Crippen molar-refractivity contribution in [2.75, 3.05) is 0 Å². The molecule has 0 atom stereocenters. The number of rotatable bonds is 6. The lowest BCUT2D eigenvalue weighted by atomic mass is 9.95. The standard InChI is InChI=1S/C48H32N4/c1-4-15-34(16-5-1)44-32-38-19-10-11-24-41(38)47-45(35-17-6-2-7-18-35)46(50-52(44)47)39-21-14-20-37(31-39)33-27-29-36(30-28-33)48-49-42-25-12-13-26-43(42)51(48)40-22-8-3-9-23-40/h1-32H. The Labute approximate surface area is 301 Å². The zero-order chi connectivity index (χ0) is 34.4. The molecule has 10 rings (SSSR count). The summed E-state index contributed by atoms with van der Waals surface area (Å²) < 4.78 is 4.39. The Morgan fingerprint density at radius 2 is 1.04 bits per heavy atom. The van der Waals surface area contributed by atoms with Crippen LogP contribution in [0.3, 0.4) is 0 Å². The molecular weight excluding hydrogens is 633 g/mol. The van der Waals surface area contributed by atoms with Crippen molar-refractivity contribution in [2.24, 2.45) is 0 Å². The molecule has 0 unspecified atom stereocenters. The van der Waals surface area contributed by atoms with E-state index in [1.54, 1.807) is 0 Å². The molecule has 3 heterocycles. The van der Waals surface area contributed by atoms with Crippen LogP contribution in [0.5, 0.6) is 0 Å². The van der Waals surface area contributed by atoms with Gasteiger partial charge in [-0.2, -0.15) is 5.10 Å². The number of nitrogens with zero attached hydrogens (tertiary/aromatic N) is 4. The zero-order valence-corrected chi connectivity index (χ0v) is 28.3. The molecular formula is C48H32N4. The summed E-state index contributed by atoms with van der Waals surface area (Å²) >= 11 is 0. The van der Waals surface area contributed by atoms with Crippen molar-refractivity contribution < 1.29 is 0 Å². The van der Waals surface area contributed by atoms with Crippen LogP contribution >= 0.6 is 0 Å².